The molecule has 3 aromatic rings. The molecule has 0 aliphatic rings. The van der Waals surface area contributed by atoms with Crippen molar-refractivity contribution in [2.75, 3.05) is 5.73 Å². The van der Waals surface area contributed by atoms with Crippen molar-refractivity contribution in [1.82, 2.24) is 20.2 Å². The van der Waals surface area contributed by atoms with E-state index in [4.69, 9.17) is 5.73 Å². The van der Waals surface area contributed by atoms with Gasteiger partial charge in [-0.05, 0) is 34.4 Å². The van der Waals surface area contributed by atoms with Gasteiger partial charge in [-0.2, -0.15) is 4.80 Å². The molecule has 0 radical (unpaired) electrons. The van der Waals surface area contributed by atoms with E-state index in [2.05, 4.69) is 21.5 Å². The maximum Gasteiger partial charge on any atom is 0.162 e. The fourth-order valence-electron chi connectivity index (χ4n) is 1.83. The summed E-state index contributed by atoms with van der Waals surface area (Å²) < 4.78 is 0. The molecular formula is C12H11N5S. The van der Waals surface area contributed by atoms with Crippen molar-refractivity contribution in [3.8, 4) is 0 Å². The van der Waals surface area contributed by atoms with Gasteiger partial charge in [0.15, 0.2) is 6.33 Å². The molecule has 0 saturated heterocycles. The molecule has 5 nitrogen and oxygen atoms in total. The van der Waals surface area contributed by atoms with Crippen LogP contribution in [0.15, 0.2) is 48.1 Å². The lowest BCUT2D eigenvalue weighted by atomic mass is 10.1. The van der Waals surface area contributed by atoms with E-state index in [-0.39, 0.29) is 6.04 Å². The van der Waals surface area contributed by atoms with Gasteiger partial charge < -0.3 is 5.73 Å². The molecule has 3 rings (SSSR count). The third-order valence-corrected chi connectivity index (χ3v) is 3.59. The standard InChI is InChI=1S/C12H11N5S/c13-10-5-3-9(4-6-10)12(11-2-1-7-18-11)17-15-8-14-16-17/h1-8,12H,13H2. The van der Waals surface area contributed by atoms with Crippen molar-refractivity contribution < 1.29 is 0 Å². The molecule has 0 fully saturated rings. The predicted molar refractivity (Wildman–Crippen MR) is 70.2 cm³/mol. The zero-order chi connectivity index (χ0) is 12.4. The first kappa shape index (κ1) is 10.9. The highest BCUT2D eigenvalue weighted by molar-refractivity contribution is 7.10. The van der Waals surface area contributed by atoms with Gasteiger partial charge >= 0.3 is 0 Å². The first-order valence-electron chi connectivity index (χ1n) is 5.46. The zero-order valence-corrected chi connectivity index (χ0v) is 10.3. The van der Waals surface area contributed by atoms with Crippen LogP contribution in [0, 0.1) is 0 Å². The molecule has 0 bridgehead atoms. The average Bonchev–Trinajstić information content (AvgIpc) is 3.06. The van der Waals surface area contributed by atoms with E-state index in [1.165, 1.54) is 6.33 Å². The van der Waals surface area contributed by atoms with Gasteiger partial charge in [0.25, 0.3) is 0 Å². The Morgan fingerprint density at radius 3 is 2.61 bits per heavy atom. The second kappa shape index (κ2) is 4.58. The van der Waals surface area contributed by atoms with Crippen LogP contribution in [0.4, 0.5) is 5.69 Å². The van der Waals surface area contributed by atoms with Crippen molar-refractivity contribution >= 4 is 17.0 Å². The summed E-state index contributed by atoms with van der Waals surface area (Å²) in [5.41, 5.74) is 7.55. The molecule has 1 unspecified atom stereocenters. The second-order valence-corrected chi connectivity index (χ2v) is 4.82. The summed E-state index contributed by atoms with van der Waals surface area (Å²) in [6.45, 7) is 0. The van der Waals surface area contributed by atoms with Crippen molar-refractivity contribution in [3.63, 3.8) is 0 Å². The minimum absolute atomic E-state index is 0.0481. The van der Waals surface area contributed by atoms with Crippen LogP contribution in [0.5, 0.6) is 0 Å². The van der Waals surface area contributed by atoms with Crippen molar-refractivity contribution in [3.05, 3.63) is 58.5 Å². The predicted octanol–water partition coefficient (Wildman–Crippen LogP) is 1.95. The first-order valence-corrected chi connectivity index (χ1v) is 6.34. The Hall–Kier alpha value is -2.21. The van der Waals surface area contributed by atoms with Gasteiger partial charge in [0.1, 0.15) is 6.04 Å². The molecule has 0 spiro atoms. The number of hydrogen-bond acceptors (Lipinski definition) is 5. The average molecular weight is 257 g/mol. The second-order valence-electron chi connectivity index (χ2n) is 3.84. The minimum atomic E-state index is -0.0481. The molecule has 2 aromatic heterocycles. The molecule has 18 heavy (non-hydrogen) atoms. The van der Waals surface area contributed by atoms with E-state index in [1.807, 2.05) is 35.7 Å². The lowest BCUT2D eigenvalue weighted by Gasteiger charge is -2.14. The number of benzene rings is 1. The van der Waals surface area contributed by atoms with Crippen molar-refractivity contribution in [2.45, 2.75) is 6.04 Å². The molecule has 1 atom stereocenters. The fraction of sp³-hybridized carbons (Fsp3) is 0.0833. The van der Waals surface area contributed by atoms with Gasteiger partial charge in [0.2, 0.25) is 0 Å². The summed E-state index contributed by atoms with van der Waals surface area (Å²) in [6, 6.07) is 11.8. The summed E-state index contributed by atoms with van der Waals surface area (Å²) in [7, 11) is 0. The van der Waals surface area contributed by atoms with Crippen LogP contribution < -0.4 is 5.73 Å². The van der Waals surface area contributed by atoms with E-state index >= 15 is 0 Å². The van der Waals surface area contributed by atoms with Crippen LogP contribution >= 0.6 is 11.3 Å². The van der Waals surface area contributed by atoms with Gasteiger partial charge in [0.05, 0.1) is 0 Å². The molecule has 1 aromatic carbocycles. The number of thiophene rings is 1. The van der Waals surface area contributed by atoms with Crippen molar-refractivity contribution in [2.24, 2.45) is 0 Å². The summed E-state index contributed by atoms with van der Waals surface area (Å²) in [6.07, 6.45) is 1.44. The fourth-order valence-corrected chi connectivity index (χ4v) is 2.66. The molecule has 0 saturated carbocycles. The first-order chi connectivity index (χ1) is 8.84. The van der Waals surface area contributed by atoms with Crippen LogP contribution in [0.2, 0.25) is 0 Å². The maximum absolute atomic E-state index is 5.72. The summed E-state index contributed by atoms with van der Waals surface area (Å²) >= 11 is 1.67. The maximum atomic E-state index is 5.72. The normalized spacial score (nSPS) is 12.4. The molecule has 2 heterocycles. The highest BCUT2D eigenvalue weighted by Gasteiger charge is 2.19. The highest BCUT2D eigenvalue weighted by atomic mass is 32.1. The summed E-state index contributed by atoms with van der Waals surface area (Å²) in [4.78, 5) is 2.77. The third-order valence-electron chi connectivity index (χ3n) is 2.66. The minimum Gasteiger partial charge on any atom is -0.399 e. The number of anilines is 1. The van der Waals surface area contributed by atoms with Gasteiger partial charge in [-0.1, -0.05) is 18.2 Å². The molecule has 0 aliphatic heterocycles. The SMILES string of the molecule is Nc1ccc(C(c2cccs2)n2ncnn2)cc1. The van der Waals surface area contributed by atoms with Crippen LogP contribution in [0.1, 0.15) is 16.5 Å². The van der Waals surface area contributed by atoms with E-state index < -0.39 is 0 Å². The number of rotatable bonds is 3. The van der Waals surface area contributed by atoms with Crippen LogP contribution in [0.3, 0.4) is 0 Å². The van der Waals surface area contributed by atoms with E-state index in [1.54, 1.807) is 16.1 Å². The van der Waals surface area contributed by atoms with Crippen LogP contribution in [0.25, 0.3) is 0 Å². The number of nitrogens with two attached hydrogens (primary N) is 1. The number of nitrogen functional groups attached to an aromatic ring is 1. The topological polar surface area (TPSA) is 69.6 Å². The van der Waals surface area contributed by atoms with Crippen molar-refractivity contribution in [1.29, 1.82) is 0 Å². The van der Waals surface area contributed by atoms with Gasteiger partial charge in [-0.15, -0.1) is 21.5 Å². The van der Waals surface area contributed by atoms with Gasteiger partial charge in [-0.25, -0.2) is 0 Å². The summed E-state index contributed by atoms with van der Waals surface area (Å²) in [5.74, 6) is 0. The largest absolute Gasteiger partial charge is 0.399 e. The monoisotopic (exact) mass is 257 g/mol. The van der Waals surface area contributed by atoms with Crippen LogP contribution in [-0.2, 0) is 0 Å². The Balaban J connectivity index is 2.08. The lowest BCUT2D eigenvalue weighted by Crippen LogP contribution is -2.14. The Labute approximate surface area is 108 Å². The quantitative estimate of drug-likeness (QED) is 0.728. The van der Waals surface area contributed by atoms with E-state index in [0.29, 0.717) is 0 Å². The number of tetrazole rings is 1. The highest BCUT2D eigenvalue weighted by Crippen LogP contribution is 2.28. The summed E-state index contributed by atoms with van der Waals surface area (Å²) in [5, 5.41) is 14.0. The number of nitrogens with zero attached hydrogens (tertiary/aromatic N) is 4. The number of aromatic nitrogens is 4. The Morgan fingerprint density at radius 2 is 2.00 bits per heavy atom. The van der Waals surface area contributed by atoms with Gasteiger partial charge in [-0.3, -0.25) is 0 Å². The Kier molecular flexibility index (Phi) is 2.77. The lowest BCUT2D eigenvalue weighted by molar-refractivity contribution is 0.510. The molecule has 2 N–H and O–H groups in total. The molecule has 90 valence electrons. The smallest absolute Gasteiger partial charge is 0.162 e. The Morgan fingerprint density at radius 1 is 1.17 bits per heavy atom. The number of hydrogen-bond donors (Lipinski definition) is 1. The van der Waals surface area contributed by atoms with Crippen LogP contribution in [-0.4, -0.2) is 20.2 Å². The third kappa shape index (κ3) is 1.98. The molecule has 0 aliphatic carbocycles. The molecule has 0 amide bonds. The van der Waals surface area contributed by atoms with Gasteiger partial charge in [0, 0.05) is 10.6 Å². The van der Waals surface area contributed by atoms with E-state index in [0.717, 1.165) is 16.1 Å². The molecule has 6 heteroatoms. The Bertz CT molecular complexity index is 566. The van der Waals surface area contributed by atoms with E-state index in [9.17, 15) is 0 Å². The molecular weight excluding hydrogens is 246 g/mol. The zero-order valence-electron chi connectivity index (χ0n) is 9.47.